The summed E-state index contributed by atoms with van der Waals surface area (Å²) in [6.45, 7) is 0. The van der Waals surface area contributed by atoms with Gasteiger partial charge in [-0.1, -0.05) is 11.6 Å². The molecule has 0 spiro atoms. The van der Waals surface area contributed by atoms with Crippen molar-refractivity contribution in [3.05, 3.63) is 59.0 Å². The molecule has 0 fully saturated rings. The maximum absolute atomic E-state index is 13.4. The van der Waals surface area contributed by atoms with Gasteiger partial charge in [0.1, 0.15) is 17.5 Å². The van der Waals surface area contributed by atoms with E-state index in [0.29, 0.717) is 0 Å². The second kappa shape index (κ2) is 5.83. The van der Waals surface area contributed by atoms with Crippen molar-refractivity contribution in [2.24, 2.45) is 9.98 Å². The van der Waals surface area contributed by atoms with E-state index in [2.05, 4.69) is 9.98 Å². The molecular weight excluding hydrogens is 391 g/mol. The van der Waals surface area contributed by atoms with Crippen LogP contribution in [0.5, 0.6) is 0 Å². The number of hydrogen-bond acceptors (Lipinski definition) is 3. The van der Waals surface area contributed by atoms with E-state index >= 15 is 0 Å². The number of hydrogen-bond donors (Lipinski definition) is 0. The van der Waals surface area contributed by atoms with Crippen LogP contribution in [0.3, 0.4) is 0 Å². The molecule has 0 radical (unpaired) electrons. The van der Waals surface area contributed by atoms with Gasteiger partial charge in [0.25, 0.3) is 0 Å². The van der Waals surface area contributed by atoms with E-state index in [4.69, 9.17) is 11.6 Å². The molecule has 138 valence electrons. The van der Waals surface area contributed by atoms with Gasteiger partial charge in [0, 0.05) is 11.8 Å². The minimum absolute atomic E-state index is 0.0327. The Morgan fingerprint density at radius 1 is 0.885 bits per heavy atom. The van der Waals surface area contributed by atoms with Crippen LogP contribution in [0.15, 0.2) is 57.6 Å². The second-order valence-electron chi connectivity index (χ2n) is 5.30. The molecule has 2 aliphatic heterocycles. The minimum Gasteiger partial charge on any atom is -0.284 e. The van der Waals surface area contributed by atoms with Gasteiger partial charge in [0.2, 0.25) is 0 Å². The van der Waals surface area contributed by atoms with Gasteiger partial charge in [-0.25, -0.2) is 14.4 Å². The number of nitrogens with zero attached hydrogens (tertiary/aromatic N) is 3. The summed E-state index contributed by atoms with van der Waals surface area (Å²) in [5.74, 6) is -2.09. The van der Waals surface area contributed by atoms with Gasteiger partial charge in [-0.2, -0.15) is 26.3 Å². The van der Waals surface area contributed by atoms with Crippen LogP contribution in [0.25, 0.3) is 0 Å². The van der Waals surface area contributed by atoms with Crippen LogP contribution < -0.4 is 0 Å². The summed E-state index contributed by atoms with van der Waals surface area (Å²) in [5, 5.41) is 0.0327. The van der Waals surface area contributed by atoms with Gasteiger partial charge in [0.05, 0.1) is 5.03 Å². The Balaban J connectivity index is 2.29. The largest absolute Gasteiger partial charge is 0.443 e. The molecule has 0 saturated heterocycles. The van der Waals surface area contributed by atoms with Crippen LogP contribution in [0.1, 0.15) is 5.56 Å². The van der Waals surface area contributed by atoms with Crippen molar-refractivity contribution in [3.8, 4) is 0 Å². The van der Waals surface area contributed by atoms with E-state index in [-0.39, 0.29) is 10.6 Å². The van der Waals surface area contributed by atoms with E-state index in [1.54, 1.807) is 0 Å². The van der Waals surface area contributed by atoms with Crippen LogP contribution >= 0.6 is 11.6 Å². The molecular formula is C15H7ClF7N3. The Morgan fingerprint density at radius 3 is 2.00 bits per heavy atom. The quantitative estimate of drug-likeness (QED) is 0.628. The molecule has 0 N–H and O–H groups in total. The summed E-state index contributed by atoms with van der Waals surface area (Å²) < 4.78 is 93.5. The molecule has 0 bridgehead atoms. The van der Waals surface area contributed by atoms with Gasteiger partial charge in [-0.3, -0.25) is 4.90 Å². The minimum atomic E-state index is -5.85. The Hall–Kier alpha value is -2.36. The number of halogens is 8. The first kappa shape index (κ1) is 18.4. The molecule has 26 heavy (non-hydrogen) atoms. The summed E-state index contributed by atoms with van der Waals surface area (Å²) in [6, 6.07) is 3.79. The first-order chi connectivity index (χ1) is 11.9. The van der Waals surface area contributed by atoms with E-state index in [9.17, 15) is 30.7 Å². The Labute approximate surface area is 146 Å². The highest BCUT2D eigenvalue weighted by atomic mass is 35.5. The van der Waals surface area contributed by atoms with Crippen molar-refractivity contribution in [2.75, 3.05) is 0 Å². The highest BCUT2D eigenvalue weighted by Gasteiger charge is 2.73. The fourth-order valence-electron chi connectivity index (χ4n) is 2.34. The van der Waals surface area contributed by atoms with Gasteiger partial charge in [-0.15, -0.1) is 0 Å². The van der Waals surface area contributed by atoms with Gasteiger partial charge in [0.15, 0.2) is 0 Å². The van der Waals surface area contributed by atoms with Crippen LogP contribution in [0, 0.1) is 5.82 Å². The summed E-state index contributed by atoms with van der Waals surface area (Å²) in [5.41, 5.74) is -4.86. The number of alkyl halides is 6. The predicted molar refractivity (Wildman–Crippen MR) is 80.1 cm³/mol. The van der Waals surface area contributed by atoms with E-state index in [1.165, 1.54) is 0 Å². The molecule has 0 aromatic heterocycles. The van der Waals surface area contributed by atoms with Crippen molar-refractivity contribution in [3.63, 3.8) is 0 Å². The maximum atomic E-state index is 13.4. The normalized spacial score (nSPS) is 19.5. The SMILES string of the molecule is Fc1ccc(C2=NC(C(F)(F)F)(C(F)(F)F)N=C3C=CC(Cl)=CN32)cc1. The number of fused-ring (bicyclic) bond motifs is 1. The second-order valence-corrected chi connectivity index (χ2v) is 5.73. The zero-order valence-corrected chi connectivity index (χ0v) is 13.2. The summed E-state index contributed by atoms with van der Waals surface area (Å²) in [7, 11) is 0. The third kappa shape index (κ3) is 2.87. The molecule has 0 atom stereocenters. The molecule has 11 heteroatoms. The lowest BCUT2D eigenvalue weighted by atomic mass is 10.1. The molecule has 3 rings (SSSR count). The van der Waals surface area contributed by atoms with Crippen LogP contribution in [0.2, 0.25) is 0 Å². The highest BCUT2D eigenvalue weighted by Crippen LogP contribution is 2.49. The number of aliphatic imine (C=N–C) groups is 2. The first-order valence-corrected chi connectivity index (χ1v) is 7.26. The van der Waals surface area contributed by atoms with E-state index in [1.807, 2.05) is 0 Å². The van der Waals surface area contributed by atoms with Gasteiger partial charge >= 0.3 is 18.0 Å². The Kier molecular flexibility index (Phi) is 4.13. The van der Waals surface area contributed by atoms with E-state index in [0.717, 1.165) is 47.5 Å². The molecule has 3 nitrogen and oxygen atoms in total. The van der Waals surface area contributed by atoms with Crippen molar-refractivity contribution < 1.29 is 30.7 Å². The molecule has 0 amide bonds. The lowest BCUT2D eigenvalue weighted by Gasteiger charge is -2.38. The summed E-state index contributed by atoms with van der Waals surface area (Å²) in [4.78, 5) is 6.65. The maximum Gasteiger partial charge on any atom is 0.443 e. The molecule has 1 aromatic carbocycles. The van der Waals surface area contributed by atoms with Crippen LogP contribution in [0.4, 0.5) is 30.7 Å². The molecule has 2 heterocycles. The summed E-state index contributed by atoms with van der Waals surface area (Å²) >= 11 is 5.78. The molecule has 2 aliphatic rings. The summed E-state index contributed by atoms with van der Waals surface area (Å²) in [6.07, 6.45) is -8.63. The standard InChI is InChI=1S/C15H7ClF7N3/c16-9-3-6-11-24-13(14(18,19)20,15(21,22)23)25-12(26(11)7-9)8-1-4-10(17)5-2-8/h1-7H. The third-order valence-corrected chi connectivity index (χ3v) is 3.78. The molecule has 0 saturated carbocycles. The monoisotopic (exact) mass is 397 g/mol. The zero-order valence-electron chi connectivity index (χ0n) is 12.4. The number of rotatable bonds is 1. The van der Waals surface area contributed by atoms with Crippen LogP contribution in [-0.2, 0) is 0 Å². The van der Waals surface area contributed by atoms with Crippen LogP contribution in [-0.4, -0.2) is 34.6 Å². The lowest BCUT2D eigenvalue weighted by Crippen LogP contribution is -2.58. The molecule has 1 aromatic rings. The topological polar surface area (TPSA) is 28.0 Å². The van der Waals surface area contributed by atoms with Crippen molar-refractivity contribution in [1.29, 1.82) is 0 Å². The number of allylic oxidation sites excluding steroid dienone is 2. The number of amidine groups is 2. The lowest BCUT2D eigenvalue weighted by molar-refractivity contribution is -0.292. The Bertz CT molecular complexity index is 833. The average Bonchev–Trinajstić information content (AvgIpc) is 2.52. The molecule has 0 unspecified atom stereocenters. The average molecular weight is 398 g/mol. The fourth-order valence-corrected chi connectivity index (χ4v) is 2.50. The number of benzene rings is 1. The first-order valence-electron chi connectivity index (χ1n) is 6.88. The van der Waals surface area contributed by atoms with Crippen molar-refractivity contribution >= 4 is 23.3 Å². The third-order valence-electron chi connectivity index (χ3n) is 3.56. The van der Waals surface area contributed by atoms with Crippen molar-refractivity contribution in [1.82, 2.24) is 4.90 Å². The highest BCUT2D eigenvalue weighted by molar-refractivity contribution is 6.32. The van der Waals surface area contributed by atoms with Gasteiger partial charge in [-0.05, 0) is 36.4 Å². The van der Waals surface area contributed by atoms with Crippen molar-refractivity contribution in [2.45, 2.75) is 18.0 Å². The smallest absolute Gasteiger partial charge is 0.284 e. The van der Waals surface area contributed by atoms with E-state index < -0.39 is 35.5 Å². The zero-order chi connectivity index (χ0) is 19.3. The fraction of sp³-hybridized carbons (Fsp3) is 0.200. The van der Waals surface area contributed by atoms with Gasteiger partial charge < -0.3 is 0 Å². The predicted octanol–water partition coefficient (Wildman–Crippen LogP) is 4.76. The molecule has 0 aliphatic carbocycles. The Morgan fingerprint density at radius 2 is 1.46 bits per heavy atom.